The van der Waals surface area contributed by atoms with Gasteiger partial charge < -0.3 is 0 Å². The van der Waals surface area contributed by atoms with E-state index in [4.69, 9.17) is 0 Å². The van der Waals surface area contributed by atoms with Crippen LogP contribution in [0.4, 0.5) is 5.69 Å². The maximum Gasteiger partial charge on any atom is 0.0880 e. The molecule has 1 rings (SSSR count). The first kappa shape index (κ1) is 16.0. The second kappa shape index (κ2) is 10.6. The maximum atomic E-state index is 3.98. The predicted molar refractivity (Wildman–Crippen MR) is 71.0 cm³/mol. The number of hydrogen-bond acceptors (Lipinski definition) is 2. The minimum Gasteiger partial charge on any atom is -0.262 e. The van der Waals surface area contributed by atoms with Crippen LogP contribution in [0, 0.1) is 6.92 Å². The van der Waals surface area contributed by atoms with Gasteiger partial charge in [0.05, 0.1) is 11.9 Å². The fourth-order valence-corrected chi connectivity index (χ4v) is 0.952. The van der Waals surface area contributed by atoms with Gasteiger partial charge in [0.25, 0.3) is 0 Å². The molecule has 0 spiro atoms. The van der Waals surface area contributed by atoms with E-state index < -0.39 is 0 Å². The van der Waals surface area contributed by atoms with E-state index in [0.717, 1.165) is 16.8 Å². The molecule has 0 fully saturated rings. The van der Waals surface area contributed by atoms with Gasteiger partial charge in [0.2, 0.25) is 0 Å². The number of nitrogens with zero attached hydrogens (tertiary/aromatic N) is 2. The normalized spacial score (nSPS) is 7.53. The van der Waals surface area contributed by atoms with Crippen LogP contribution in [0.1, 0.15) is 38.8 Å². The summed E-state index contributed by atoms with van der Waals surface area (Å²) in [7, 11) is 0. The van der Waals surface area contributed by atoms with Crippen LogP contribution in [0.5, 0.6) is 0 Å². The van der Waals surface area contributed by atoms with E-state index in [0.29, 0.717) is 0 Å². The predicted octanol–water partition coefficient (Wildman–Crippen LogP) is 4.42. The molecule has 0 unspecified atom stereocenters. The van der Waals surface area contributed by atoms with E-state index in [1.165, 1.54) is 0 Å². The van der Waals surface area contributed by atoms with E-state index in [-0.39, 0.29) is 0 Å². The molecule has 1 aromatic heterocycles. The number of aliphatic imine (C=N–C) groups is 1. The Bertz CT molecular complexity index is 291. The van der Waals surface area contributed by atoms with E-state index in [1.807, 2.05) is 34.6 Å². The van der Waals surface area contributed by atoms with Gasteiger partial charge in [0.15, 0.2) is 0 Å². The molecule has 0 aromatic carbocycles. The lowest BCUT2D eigenvalue weighted by atomic mass is 10.1. The van der Waals surface area contributed by atoms with Crippen LogP contribution in [0.25, 0.3) is 6.08 Å². The summed E-state index contributed by atoms with van der Waals surface area (Å²) in [5, 5.41) is 0. The highest BCUT2D eigenvalue weighted by Gasteiger charge is 1.98. The zero-order valence-electron chi connectivity index (χ0n) is 10.5. The van der Waals surface area contributed by atoms with Crippen LogP contribution in [-0.4, -0.2) is 11.7 Å². The second-order valence-corrected chi connectivity index (χ2v) is 2.25. The van der Waals surface area contributed by atoms with Gasteiger partial charge in [-0.3, -0.25) is 9.98 Å². The third-order valence-electron chi connectivity index (χ3n) is 1.54. The Morgan fingerprint density at radius 1 is 1.20 bits per heavy atom. The highest BCUT2D eigenvalue weighted by molar-refractivity contribution is 5.66. The first-order chi connectivity index (χ1) is 7.29. The van der Waals surface area contributed by atoms with Gasteiger partial charge >= 0.3 is 0 Å². The Kier molecular flexibility index (Phi) is 11.4. The zero-order chi connectivity index (χ0) is 12.3. The molecule has 0 atom stereocenters. The topological polar surface area (TPSA) is 25.2 Å². The summed E-state index contributed by atoms with van der Waals surface area (Å²) in [6.45, 7) is 17.1. The Morgan fingerprint density at radius 2 is 1.73 bits per heavy atom. The molecule has 0 saturated heterocycles. The molecule has 2 nitrogen and oxygen atoms in total. The average Bonchev–Trinajstić information content (AvgIpc) is 2.33. The van der Waals surface area contributed by atoms with Gasteiger partial charge in [-0.2, -0.15) is 0 Å². The summed E-state index contributed by atoms with van der Waals surface area (Å²) in [6.07, 6.45) is 5.23. The Balaban J connectivity index is 0. The molecule has 0 bridgehead atoms. The molecular formula is C13H22N2. The lowest BCUT2D eigenvalue weighted by Crippen LogP contribution is -1.82. The van der Waals surface area contributed by atoms with Crippen LogP contribution in [-0.2, 0) is 0 Å². The van der Waals surface area contributed by atoms with Crippen molar-refractivity contribution in [1.82, 2.24) is 4.98 Å². The van der Waals surface area contributed by atoms with Crippen molar-refractivity contribution in [2.24, 2.45) is 4.99 Å². The molecular weight excluding hydrogens is 184 g/mol. The summed E-state index contributed by atoms with van der Waals surface area (Å²) in [4.78, 5) is 7.80. The quantitative estimate of drug-likeness (QED) is 0.658. The lowest BCUT2D eigenvalue weighted by molar-refractivity contribution is 1.24. The number of pyridine rings is 1. The first-order valence-corrected chi connectivity index (χ1v) is 5.33. The Labute approximate surface area is 93.8 Å². The summed E-state index contributed by atoms with van der Waals surface area (Å²) in [5.74, 6) is 0. The fraction of sp³-hybridized carbons (Fsp3) is 0.385. The Morgan fingerprint density at radius 3 is 2.07 bits per heavy atom. The first-order valence-electron chi connectivity index (χ1n) is 5.33. The van der Waals surface area contributed by atoms with E-state index >= 15 is 0 Å². The molecule has 0 aliphatic carbocycles. The van der Waals surface area contributed by atoms with Gasteiger partial charge in [-0.25, -0.2) is 0 Å². The molecule has 1 aromatic rings. The summed E-state index contributed by atoms with van der Waals surface area (Å²) < 4.78 is 0. The molecule has 0 aliphatic rings. The van der Waals surface area contributed by atoms with E-state index in [2.05, 4.69) is 23.3 Å². The second-order valence-electron chi connectivity index (χ2n) is 2.25. The van der Waals surface area contributed by atoms with Gasteiger partial charge in [-0.15, -0.1) is 0 Å². The molecule has 84 valence electrons. The monoisotopic (exact) mass is 206 g/mol. The Hall–Kier alpha value is -1.44. The van der Waals surface area contributed by atoms with E-state index in [1.54, 1.807) is 18.5 Å². The smallest absolute Gasteiger partial charge is 0.0880 e. The third kappa shape index (κ3) is 5.11. The van der Waals surface area contributed by atoms with Crippen molar-refractivity contribution in [3.8, 4) is 0 Å². The fourth-order valence-electron chi connectivity index (χ4n) is 0.952. The van der Waals surface area contributed by atoms with Gasteiger partial charge in [-0.1, -0.05) is 40.3 Å². The number of rotatable bonds is 2. The zero-order valence-corrected chi connectivity index (χ0v) is 10.5. The van der Waals surface area contributed by atoms with Gasteiger partial charge in [0, 0.05) is 11.8 Å². The van der Waals surface area contributed by atoms with Crippen molar-refractivity contribution in [2.75, 3.05) is 0 Å². The highest BCUT2D eigenvalue weighted by Crippen LogP contribution is 2.20. The number of aromatic nitrogens is 1. The largest absolute Gasteiger partial charge is 0.262 e. The standard InChI is InChI=1S/C9H10N2.2C2H6/c1-4-8-7(2)5-11-6-9(8)10-3;2*1-2/h4-6H,1,3H2,2H3;2*1-2H3. The maximum absolute atomic E-state index is 3.98. The van der Waals surface area contributed by atoms with Crippen molar-refractivity contribution < 1.29 is 0 Å². The van der Waals surface area contributed by atoms with E-state index in [9.17, 15) is 0 Å². The van der Waals surface area contributed by atoms with Crippen LogP contribution in [0.15, 0.2) is 24.0 Å². The van der Waals surface area contributed by atoms with Crippen LogP contribution < -0.4 is 0 Å². The number of aryl methyl sites for hydroxylation is 1. The van der Waals surface area contributed by atoms with Gasteiger partial charge in [-0.05, 0) is 19.2 Å². The summed E-state index contributed by atoms with van der Waals surface area (Å²) in [5.41, 5.74) is 2.87. The average molecular weight is 206 g/mol. The van der Waals surface area contributed by atoms with Crippen molar-refractivity contribution in [2.45, 2.75) is 34.6 Å². The van der Waals surface area contributed by atoms with Crippen molar-refractivity contribution >= 4 is 18.5 Å². The van der Waals surface area contributed by atoms with Crippen molar-refractivity contribution in [3.63, 3.8) is 0 Å². The van der Waals surface area contributed by atoms with Gasteiger partial charge in [0.1, 0.15) is 0 Å². The highest BCUT2D eigenvalue weighted by atomic mass is 14.7. The van der Waals surface area contributed by atoms with Crippen LogP contribution in [0.3, 0.4) is 0 Å². The summed E-state index contributed by atoms with van der Waals surface area (Å²) in [6, 6.07) is 0. The van der Waals surface area contributed by atoms with Crippen molar-refractivity contribution in [3.05, 3.63) is 30.1 Å². The van der Waals surface area contributed by atoms with Crippen molar-refractivity contribution in [1.29, 1.82) is 0 Å². The molecule has 0 amide bonds. The van der Waals surface area contributed by atoms with Crippen LogP contribution >= 0.6 is 0 Å². The third-order valence-corrected chi connectivity index (χ3v) is 1.54. The molecule has 0 aliphatic heterocycles. The molecule has 1 heterocycles. The molecule has 0 radical (unpaired) electrons. The summed E-state index contributed by atoms with van der Waals surface area (Å²) >= 11 is 0. The van der Waals surface area contributed by atoms with Crippen LogP contribution in [0.2, 0.25) is 0 Å². The number of hydrogen-bond donors (Lipinski definition) is 0. The molecule has 0 N–H and O–H groups in total. The minimum atomic E-state index is 0.792. The molecule has 2 heteroatoms. The molecule has 15 heavy (non-hydrogen) atoms. The minimum absolute atomic E-state index is 0.792. The molecule has 0 saturated carbocycles. The lowest BCUT2D eigenvalue weighted by Gasteiger charge is -2.01. The SMILES string of the molecule is C=Cc1c(C)cncc1N=C.CC.CC.